The van der Waals surface area contributed by atoms with Crippen LogP contribution in [0, 0.1) is 0 Å². The third-order valence-electron chi connectivity index (χ3n) is 2.51. The number of alkyl halides is 1. The first-order valence-electron chi connectivity index (χ1n) is 6.09. The molecule has 1 N–H and O–H groups in total. The molecule has 0 bridgehead atoms. The molecule has 0 spiro atoms. The van der Waals surface area contributed by atoms with Crippen LogP contribution in [0.4, 0.5) is 4.39 Å². The maximum absolute atomic E-state index is 12.0. The molecule has 5 nitrogen and oxygen atoms in total. The molecule has 0 aliphatic rings. The summed E-state index contributed by atoms with van der Waals surface area (Å²) in [6.45, 7) is -1.15. The summed E-state index contributed by atoms with van der Waals surface area (Å²) in [5.41, 5.74) is 0.930. The van der Waals surface area contributed by atoms with Crippen LogP contribution in [-0.2, 0) is 15.7 Å². The van der Waals surface area contributed by atoms with Gasteiger partial charge in [0.25, 0.3) is 0 Å². The number of para-hydroxylation sites is 2. The normalized spacial score (nSPS) is 13.4. The van der Waals surface area contributed by atoms with E-state index in [1.54, 1.807) is 18.2 Å². The van der Waals surface area contributed by atoms with Crippen molar-refractivity contribution in [2.24, 2.45) is 0 Å². The summed E-state index contributed by atoms with van der Waals surface area (Å²) in [6, 6.07) is 15.7. The van der Waals surface area contributed by atoms with Crippen molar-refractivity contribution in [1.82, 2.24) is 0 Å². The summed E-state index contributed by atoms with van der Waals surface area (Å²) in [6.07, 6.45) is 0. The van der Waals surface area contributed by atoms with Gasteiger partial charge in [0.2, 0.25) is 6.86 Å². The number of hydrogen-bond donors (Lipinski definition) is 1. The van der Waals surface area contributed by atoms with E-state index in [9.17, 15) is 13.8 Å². The van der Waals surface area contributed by atoms with Gasteiger partial charge in [-0.3, -0.25) is 4.89 Å². The molecule has 0 saturated heterocycles. The number of hydrogen-bond acceptors (Lipinski definition) is 4. The van der Waals surface area contributed by atoms with Gasteiger partial charge in [-0.2, -0.15) is 0 Å². The predicted octanol–water partition coefficient (Wildman–Crippen LogP) is 3.69. The smallest absolute Gasteiger partial charge is 0.485 e. The minimum atomic E-state index is -4.49. The molecule has 1 unspecified atom stereocenters. The molecule has 21 heavy (non-hydrogen) atoms. The van der Waals surface area contributed by atoms with Gasteiger partial charge >= 0.3 is 7.82 Å². The Hall–Kier alpha value is -1.88. The van der Waals surface area contributed by atoms with Crippen molar-refractivity contribution >= 4 is 7.82 Å². The predicted molar refractivity (Wildman–Crippen MR) is 74.7 cm³/mol. The van der Waals surface area contributed by atoms with Gasteiger partial charge in [0.1, 0.15) is 6.61 Å². The molecule has 0 fully saturated rings. The van der Waals surface area contributed by atoms with E-state index in [4.69, 9.17) is 9.26 Å². The molecule has 112 valence electrons. The number of phosphoric acid groups is 1. The summed E-state index contributed by atoms with van der Waals surface area (Å²) in [5, 5.41) is 0. The van der Waals surface area contributed by atoms with Crippen molar-refractivity contribution in [1.29, 1.82) is 0 Å². The number of rotatable bonds is 7. The highest BCUT2D eigenvalue weighted by Crippen LogP contribution is 2.46. The maximum atomic E-state index is 12.0. The summed E-state index contributed by atoms with van der Waals surface area (Å²) in [5.74, 6) is 0.269. The Kier molecular flexibility index (Phi) is 5.33. The van der Waals surface area contributed by atoms with Crippen LogP contribution in [0.1, 0.15) is 5.56 Å². The van der Waals surface area contributed by atoms with E-state index in [1.165, 1.54) is 6.07 Å². The van der Waals surface area contributed by atoms with Crippen molar-refractivity contribution in [3.63, 3.8) is 0 Å². The molecule has 2 rings (SSSR count). The van der Waals surface area contributed by atoms with Crippen molar-refractivity contribution in [2.45, 2.75) is 6.61 Å². The van der Waals surface area contributed by atoms with Crippen LogP contribution < -0.4 is 9.26 Å². The van der Waals surface area contributed by atoms with Gasteiger partial charge in [-0.25, -0.2) is 13.5 Å². The van der Waals surface area contributed by atoms with Crippen LogP contribution in [0.2, 0.25) is 0 Å². The topological polar surface area (TPSA) is 65.0 Å². The van der Waals surface area contributed by atoms with Crippen LogP contribution >= 0.6 is 7.82 Å². The molecule has 0 saturated carbocycles. The van der Waals surface area contributed by atoms with Crippen molar-refractivity contribution in [3.8, 4) is 11.5 Å². The molecule has 0 amide bonds. The Morgan fingerprint density at radius 2 is 1.62 bits per heavy atom. The minimum Gasteiger partial charge on any atom is -0.485 e. The van der Waals surface area contributed by atoms with Crippen LogP contribution in [-0.4, -0.2) is 11.8 Å². The third kappa shape index (κ3) is 4.86. The van der Waals surface area contributed by atoms with Crippen molar-refractivity contribution in [3.05, 3.63) is 60.2 Å². The standard InChI is InChI=1S/C14H14FO5P/c15-11-19-21(16,17)20-14-9-5-4-8-13(14)18-10-12-6-2-1-3-7-12/h1-9H,10-11H2,(H,16,17). The first-order valence-corrected chi connectivity index (χ1v) is 7.59. The van der Waals surface area contributed by atoms with E-state index in [1.807, 2.05) is 30.3 Å². The van der Waals surface area contributed by atoms with E-state index >= 15 is 0 Å². The molecule has 7 heteroatoms. The van der Waals surface area contributed by atoms with Gasteiger partial charge in [0.15, 0.2) is 11.5 Å². The molecule has 0 aliphatic carbocycles. The Labute approximate surface area is 121 Å². The summed E-state index contributed by atoms with van der Waals surface area (Å²) in [4.78, 5) is 9.29. The Balaban J connectivity index is 2.08. The zero-order chi connectivity index (χ0) is 15.1. The lowest BCUT2D eigenvalue weighted by molar-refractivity contribution is 0.134. The van der Waals surface area contributed by atoms with Crippen molar-refractivity contribution < 1.29 is 27.6 Å². The van der Waals surface area contributed by atoms with Crippen LogP contribution in [0.25, 0.3) is 0 Å². The summed E-state index contributed by atoms with van der Waals surface area (Å²) < 4.78 is 37.8. The first kappa shape index (κ1) is 15.5. The van der Waals surface area contributed by atoms with Crippen molar-refractivity contribution in [2.75, 3.05) is 6.86 Å². The lowest BCUT2D eigenvalue weighted by atomic mass is 10.2. The lowest BCUT2D eigenvalue weighted by Gasteiger charge is -2.14. The molecule has 0 heterocycles. The number of benzene rings is 2. The maximum Gasteiger partial charge on any atom is 0.529 e. The van der Waals surface area contributed by atoms with E-state index in [0.717, 1.165) is 5.56 Å². The molecular weight excluding hydrogens is 298 g/mol. The Bertz CT molecular complexity index is 620. The number of halogens is 1. The van der Waals surface area contributed by atoms with Gasteiger partial charge in [0, 0.05) is 0 Å². The van der Waals surface area contributed by atoms with E-state index in [0.29, 0.717) is 0 Å². The number of ether oxygens (including phenoxy) is 1. The molecule has 2 aromatic carbocycles. The Morgan fingerprint density at radius 3 is 2.29 bits per heavy atom. The van der Waals surface area contributed by atoms with Gasteiger partial charge in [-0.1, -0.05) is 42.5 Å². The van der Waals surface area contributed by atoms with Gasteiger partial charge < -0.3 is 9.26 Å². The largest absolute Gasteiger partial charge is 0.529 e. The van der Waals surface area contributed by atoms with E-state index in [-0.39, 0.29) is 18.1 Å². The highest BCUT2D eigenvalue weighted by molar-refractivity contribution is 7.47. The molecule has 0 aliphatic heterocycles. The average molecular weight is 312 g/mol. The molecule has 0 aromatic heterocycles. The molecule has 2 aromatic rings. The highest BCUT2D eigenvalue weighted by Gasteiger charge is 2.24. The monoisotopic (exact) mass is 312 g/mol. The molecule has 1 atom stereocenters. The van der Waals surface area contributed by atoms with Gasteiger partial charge in [-0.05, 0) is 17.7 Å². The molecular formula is C14H14FO5P. The second-order valence-corrected chi connectivity index (χ2v) is 5.40. The van der Waals surface area contributed by atoms with Gasteiger partial charge in [-0.15, -0.1) is 0 Å². The fourth-order valence-electron chi connectivity index (χ4n) is 1.59. The summed E-state index contributed by atoms with van der Waals surface area (Å²) >= 11 is 0. The molecule has 0 radical (unpaired) electrons. The SMILES string of the molecule is O=P(O)(OCF)Oc1ccccc1OCc1ccccc1. The lowest BCUT2D eigenvalue weighted by Crippen LogP contribution is -2.00. The van der Waals surface area contributed by atoms with E-state index < -0.39 is 14.7 Å². The zero-order valence-corrected chi connectivity index (χ0v) is 11.9. The van der Waals surface area contributed by atoms with E-state index in [2.05, 4.69) is 4.52 Å². The number of phosphoric ester groups is 1. The average Bonchev–Trinajstić information content (AvgIpc) is 2.47. The third-order valence-corrected chi connectivity index (χ3v) is 3.36. The zero-order valence-electron chi connectivity index (χ0n) is 11.0. The fourth-order valence-corrected chi connectivity index (χ4v) is 2.17. The van der Waals surface area contributed by atoms with Crippen LogP contribution in [0.3, 0.4) is 0 Å². The van der Waals surface area contributed by atoms with Crippen LogP contribution in [0.5, 0.6) is 11.5 Å². The van der Waals surface area contributed by atoms with Gasteiger partial charge in [0.05, 0.1) is 0 Å². The minimum absolute atomic E-state index is 0.00714. The highest BCUT2D eigenvalue weighted by atomic mass is 31.2. The first-order chi connectivity index (χ1) is 10.1. The second kappa shape index (κ2) is 7.22. The van der Waals surface area contributed by atoms with Crippen LogP contribution in [0.15, 0.2) is 54.6 Å². The fraction of sp³-hybridized carbons (Fsp3) is 0.143. The second-order valence-electron chi connectivity index (χ2n) is 4.02. The summed E-state index contributed by atoms with van der Waals surface area (Å²) in [7, 11) is -4.49. The quantitative estimate of drug-likeness (QED) is 0.790. The Morgan fingerprint density at radius 1 is 1.00 bits per heavy atom.